The average molecular weight is 624 g/mol. The van der Waals surface area contributed by atoms with Crippen LogP contribution in [0.2, 0.25) is 0 Å². The first kappa shape index (κ1) is 38.1. The molecule has 2 rings (SSSR count). The fourth-order valence-corrected chi connectivity index (χ4v) is 6.31. The lowest BCUT2D eigenvalue weighted by Gasteiger charge is -2.29. The summed E-state index contributed by atoms with van der Waals surface area (Å²) in [5, 5.41) is 0. The molecule has 0 amide bonds. The summed E-state index contributed by atoms with van der Waals surface area (Å²) < 4.78 is 35.9. The quantitative estimate of drug-likeness (QED) is 0.0584. The van der Waals surface area contributed by atoms with Gasteiger partial charge in [-0.25, -0.2) is 0 Å². The summed E-state index contributed by atoms with van der Waals surface area (Å²) in [6, 6.07) is 9.83. The molecule has 0 radical (unpaired) electrons. The molecule has 1 aromatic carbocycles. The summed E-state index contributed by atoms with van der Waals surface area (Å²) in [6.07, 6.45) is 21.5. The summed E-state index contributed by atoms with van der Waals surface area (Å²) in [4.78, 5) is 12.5. The van der Waals surface area contributed by atoms with Crippen molar-refractivity contribution < 1.29 is 32.5 Å². The molecule has 3 unspecified atom stereocenters. The molecule has 0 spiro atoms. The molecule has 0 saturated carbocycles. The molecule has 3 atom stereocenters. The van der Waals surface area contributed by atoms with Gasteiger partial charge in [-0.2, -0.15) is 0 Å². The first-order valence-corrected chi connectivity index (χ1v) is 18.6. The van der Waals surface area contributed by atoms with E-state index in [4.69, 9.17) is 18.5 Å². The first-order chi connectivity index (χ1) is 20.7. The van der Waals surface area contributed by atoms with Crippen molar-refractivity contribution in [2.45, 2.75) is 135 Å². The van der Waals surface area contributed by atoms with Gasteiger partial charge in [0, 0.05) is 19.4 Å². The Balaban J connectivity index is 1.65. The van der Waals surface area contributed by atoms with Crippen LogP contribution in [0.5, 0.6) is 0 Å². The lowest BCUT2D eigenvalue weighted by molar-refractivity contribution is -0.842. The SMILES string of the molecule is CCCCCCCCCCCCCCCCOC(C)C(COP(=O)([O-])OCC=C1CCC[N+]1(C)C)OCc1ccccc1. The Labute approximate surface area is 263 Å². The van der Waals surface area contributed by atoms with E-state index in [0.717, 1.165) is 42.3 Å². The average Bonchev–Trinajstić information content (AvgIpc) is 3.32. The number of nitrogens with zero attached hydrogens (tertiary/aromatic N) is 1. The highest BCUT2D eigenvalue weighted by molar-refractivity contribution is 7.45. The van der Waals surface area contributed by atoms with Gasteiger partial charge in [0.25, 0.3) is 7.82 Å². The van der Waals surface area contributed by atoms with E-state index in [9.17, 15) is 9.46 Å². The summed E-state index contributed by atoms with van der Waals surface area (Å²) in [5.41, 5.74) is 2.20. The zero-order valence-electron chi connectivity index (χ0n) is 27.8. The normalized spacial score (nSPS) is 18.6. The van der Waals surface area contributed by atoms with Crippen LogP contribution in [0.25, 0.3) is 0 Å². The molecule has 0 N–H and O–H groups in total. The lowest BCUT2D eigenvalue weighted by atomic mass is 10.0. The number of rotatable bonds is 26. The second-order valence-electron chi connectivity index (χ2n) is 12.8. The number of hydrogen-bond donors (Lipinski definition) is 0. The zero-order chi connectivity index (χ0) is 31.2. The van der Waals surface area contributed by atoms with Crippen LogP contribution in [0.1, 0.15) is 122 Å². The van der Waals surface area contributed by atoms with Gasteiger partial charge in [-0.15, -0.1) is 0 Å². The van der Waals surface area contributed by atoms with Crippen molar-refractivity contribution in [2.75, 3.05) is 40.5 Å². The smallest absolute Gasteiger partial charge is 0.268 e. The summed E-state index contributed by atoms with van der Waals surface area (Å²) in [6.45, 7) is 6.05. The molecule has 7 nitrogen and oxygen atoms in total. The molecule has 1 aromatic rings. The largest absolute Gasteiger partial charge is 0.756 e. The Kier molecular flexibility index (Phi) is 19.9. The molecule has 1 heterocycles. The third-order valence-corrected chi connectivity index (χ3v) is 9.52. The fraction of sp³-hybridized carbons (Fsp3) is 0.771. The van der Waals surface area contributed by atoms with Crippen LogP contribution in [0.15, 0.2) is 42.1 Å². The van der Waals surface area contributed by atoms with Gasteiger partial charge in [-0.1, -0.05) is 121 Å². The molecular weight excluding hydrogens is 561 g/mol. The Bertz CT molecular complexity index is 909. The number of phosphoric acid groups is 1. The highest BCUT2D eigenvalue weighted by atomic mass is 31.2. The fourth-order valence-electron chi connectivity index (χ4n) is 5.65. The zero-order valence-corrected chi connectivity index (χ0v) is 28.7. The van der Waals surface area contributed by atoms with E-state index >= 15 is 0 Å². The molecule has 8 heteroatoms. The molecular formula is C35H62NO6P. The van der Waals surface area contributed by atoms with Crippen molar-refractivity contribution in [3.05, 3.63) is 47.7 Å². The van der Waals surface area contributed by atoms with E-state index in [0.29, 0.717) is 13.2 Å². The van der Waals surface area contributed by atoms with Crippen molar-refractivity contribution in [1.82, 2.24) is 0 Å². The highest BCUT2D eigenvalue weighted by Gasteiger charge is 2.28. The standard InChI is InChI=1S/C35H62NO6P/c1-5-6-7-8-9-10-11-12-13-14-15-16-17-21-28-39-32(2)35(40-30-33-23-19-18-20-24-33)31-42-43(37,38)41-29-26-34-25-22-27-36(34,3)4/h18-20,23-24,26,32,35H,5-17,21-22,25,27-31H2,1-4H3. The summed E-state index contributed by atoms with van der Waals surface area (Å²) in [5.74, 6) is 0. The van der Waals surface area contributed by atoms with Gasteiger partial charge in [-0.3, -0.25) is 9.05 Å². The molecule has 0 bridgehead atoms. The van der Waals surface area contributed by atoms with Crippen molar-refractivity contribution >= 4 is 7.82 Å². The number of quaternary nitrogens is 1. The van der Waals surface area contributed by atoms with Crippen LogP contribution < -0.4 is 4.89 Å². The second kappa shape index (κ2) is 22.5. The number of ether oxygens (including phenoxy) is 2. The van der Waals surface area contributed by atoms with Crippen molar-refractivity contribution in [3.8, 4) is 0 Å². The molecule has 248 valence electrons. The topological polar surface area (TPSA) is 77.1 Å². The van der Waals surface area contributed by atoms with Crippen LogP contribution in [-0.4, -0.2) is 57.2 Å². The van der Waals surface area contributed by atoms with Gasteiger partial charge in [0.05, 0.1) is 46.6 Å². The van der Waals surface area contributed by atoms with Crippen LogP contribution in [-0.2, 0) is 29.7 Å². The van der Waals surface area contributed by atoms with Gasteiger partial charge in [0.15, 0.2) is 0 Å². The number of likely N-dealkylation sites (tertiary alicyclic amines) is 1. The van der Waals surface area contributed by atoms with Gasteiger partial charge in [0.2, 0.25) is 0 Å². The molecule has 1 aliphatic rings. The van der Waals surface area contributed by atoms with Crippen molar-refractivity contribution in [2.24, 2.45) is 0 Å². The minimum Gasteiger partial charge on any atom is -0.756 e. The molecule has 43 heavy (non-hydrogen) atoms. The Hall–Kier alpha value is -1.05. The van der Waals surface area contributed by atoms with E-state index in [1.54, 1.807) is 0 Å². The maximum absolute atomic E-state index is 12.5. The van der Waals surface area contributed by atoms with Gasteiger partial charge < -0.3 is 23.4 Å². The number of allylic oxidation sites excluding steroid dienone is 1. The van der Waals surface area contributed by atoms with Crippen molar-refractivity contribution in [3.63, 3.8) is 0 Å². The predicted octanol–water partition coefficient (Wildman–Crippen LogP) is 8.71. The minimum absolute atomic E-state index is 0.0154. The Morgan fingerprint density at radius 2 is 1.44 bits per heavy atom. The first-order valence-electron chi connectivity index (χ1n) is 17.1. The number of phosphoric ester groups is 1. The Morgan fingerprint density at radius 1 is 0.860 bits per heavy atom. The van der Waals surface area contributed by atoms with Crippen LogP contribution in [0.4, 0.5) is 0 Å². The molecule has 1 fully saturated rings. The maximum atomic E-state index is 12.5. The van der Waals surface area contributed by atoms with Gasteiger partial charge >= 0.3 is 0 Å². The monoisotopic (exact) mass is 623 g/mol. The molecule has 0 aromatic heterocycles. The van der Waals surface area contributed by atoms with Crippen LogP contribution in [0.3, 0.4) is 0 Å². The predicted molar refractivity (Wildman–Crippen MR) is 175 cm³/mol. The minimum atomic E-state index is -4.48. The van der Waals surface area contributed by atoms with E-state index in [1.807, 2.05) is 43.3 Å². The molecule has 1 saturated heterocycles. The second-order valence-corrected chi connectivity index (χ2v) is 14.2. The number of hydrogen-bond acceptors (Lipinski definition) is 6. The number of benzene rings is 1. The van der Waals surface area contributed by atoms with E-state index in [-0.39, 0.29) is 19.3 Å². The highest BCUT2D eigenvalue weighted by Crippen LogP contribution is 2.39. The van der Waals surface area contributed by atoms with Crippen LogP contribution in [0, 0.1) is 0 Å². The molecule has 0 aliphatic carbocycles. The maximum Gasteiger partial charge on any atom is 0.268 e. The molecule has 1 aliphatic heterocycles. The Morgan fingerprint density at radius 3 is 2.00 bits per heavy atom. The van der Waals surface area contributed by atoms with E-state index < -0.39 is 13.9 Å². The van der Waals surface area contributed by atoms with Crippen molar-refractivity contribution in [1.29, 1.82) is 0 Å². The third-order valence-electron chi connectivity index (χ3n) is 8.59. The third kappa shape index (κ3) is 17.9. The van der Waals surface area contributed by atoms with Gasteiger partial charge in [-0.05, 0) is 25.0 Å². The van der Waals surface area contributed by atoms with Crippen LogP contribution >= 0.6 is 7.82 Å². The van der Waals surface area contributed by atoms with Gasteiger partial charge in [0.1, 0.15) is 11.8 Å². The van der Waals surface area contributed by atoms with E-state index in [1.165, 1.54) is 82.7 Å². The summed E-state index contributed by atoms with van der Waals surface area (Å²) >= 11 is 0. The summed E-state index contributed by atoms with van der Waals surface area (Å²) in [7, 11) is -0.229. The number of unbranched alkanes of at least 4 members (excludes halogenated alkanes) is 13. The lowest BCUT2D eigenvalue weighted by Crippen LogP contribution is -2.34. The van der Waals surface area contributed by atoms with E-state index in [2.05, 4.69) is 21.0 Å².